The molecule has 1 N–H and O–H groups in total. The first-order valence-corrected chi connectivity index (χ1v) is 11.1. The Kier molecular flexibility index (Phi) is 5.80. The minimum atomic E-state index is -0.318. The summed E-state index contributed by atoms with van der Waals surface area (Å²) in [6, 6.07) is 13.7. The van der Waals surface area contributed by atoms with Gasteiger partial charge < -0.3 is 19.5 Å². The average Bonchev–Trinajstić information content (AvgIpc) is 3.43. The van der Waals surface area contributed by atoms with E-state index in [1.807, 2.05) is 21.6 Å². The second kappa shape index (κ2) is 9.04. The third-order valence-corrected chi connectivity index (χ3v) is 6.36. The van der Waals surface area contributed by atoms with Crippen molar-refractivity contribution in [2.75, 3.05) is 13.2 Å². The number of hydrogen-bond acceptors (Lipinski definition) is 5. The van der Waals surface area contributed by atoms with Gasteiger partial charge in [0.25, 0.3) is 0 Å². The van der Waals surface area contributed by atoms with Gasteiger partial charge in [0.15, 0.2) is 0 Å². The van der Waals surface area contributed by atoms with Crippen molar-refractivity contribution < 1.29 is 13.9 Å². The first-order chi connectivity index (χ1) is 16.1. The van der Waals surface area contributed by atoms with E-state index in [1.54, 1.807) is 30.7 Å². The van der Waals surface area contributed by atoms with Crippen LogP contribution in [0.25, 0.3) is 0 Å². The van der Waals surface area contributed by atoms with Crippen molar-refractivity contribution in [2.45, 2.75) is 38.0 Å². The van der Waals surface area contributed by atoms with E-state index in [1.165, 1.54) is 12.1 Å². The second-order valence-corrected chi connectivity index (χ2v) is 8.41. The van der Waals surface area contributed by atoms with Crippen LogP contribution in [0.5, 0.6) is 5.75 Å². The van der Waals surface area contributed by atoms with Gasteiger partial charge in [0.05, 0.1) is 42.3 Å². The van der Waals surface area contributed by atoms with Gasteiger partial charge in [-0.15, -0.1) is 0 Å². The Morgan fingerprint density at radius 1 is 1.21 bits per heavy atom. The number of carbonyl (C=O) groups is 1. The molecule has 7 nitrogen and oxygen atoms in total. The lowest BCUT2D eigenvalue weighted by Gasteiger charge is -2.33. The summed E-state index contributed by atoms with van der Waals surface area (Å²) in [6.45, 7) is 2.29. The summed E-state index contributed by atoms with van der Waals surface area (Å²) in [4.78, 5) is 19.3. The van der Waals surface area contributed by atoms with Gasteiger partial charge in [-0.3, -0.25) is 4.79 Å². The fraction of sp³-hybridized carbons (Fsp3) is 0.320. The van der Waals surface area contributed by atoms with Gasteiger partial charge in [0, 0.05) is 37.8 Å². The van der Waals surface area contributed by atoms with Crippen LogP contribution in [-0.4, -0.2) is 39.6 Å². The van der Waals surface area contributed by atoms with E-state index in [2.05, 4.69) is 16.4 Å². The number of nitrogens with zero attached hydrogens (tertiary/aromatic N) is 4. The van der Waals surface area contributed by atoms with Crippen molar-refractivity contribution in [1.82, 2.24) is 19.8 Å². The molecule has 3 aromatic rings. The Bertz CT molecular complexity index is 1200. The molecule has 0 unspecified atom stereocenters. The Labute approximate surface area is 191 Å². The number of nitrogens with one attached hydrogen (secondary N) is 1. The molecular weight excluding hydrogens is 421 g/mol. The summed E-state index contributed by atoms with van der Waals surface area (Å²) in [5, 5.41) is 12.3. The Balaban J connectivity index is 1.23. The molecule has 2 aromatic carbocycles. The van der Waals surface area contributed by atoms with Crippen LogP contribution >= 0.6 is 0 Å². The average molecular weight is 445 g/mol. The predicted molar refractivity (Wildman–Crippen MR) is 119 cm³/mol. The second-order valence-electron chi connectivity index (χ2n) is 8.41. The van der Waals surface area contributed by atoms with Crippen molar-refractivity contribution in [1.29, 1.82) is 5.26 Å². The van der Waals surface area contributed by atoms with Gasteiger partial charge in [-0.25, -0.2) is 9.37 Å². The van der Waals surface area contributed by atoms with Gasteiger partial charge in [-0.1, -0.05) is 12.1 Å². The molecule has 1 aromatic heterocycles. The van der Waals surface area contributed by atoms with E-state index >= 15 is 0 Å². The van der Waals surface area contributed by atoms with Crippen LogP contribution in [0.3, 0.4) is 0 Å². The van der Waals surface area contributed by atoms with Gasteiger partial charge >= 0.3 is 0 Å². The number of halogens is 1. The maximum absolute atomic E-state index is 13.8. The summed E-state index contributed by atoms with van der Waals surface area (Å²) in [5.41, 5.74) is 3.42. The highest BCUT2D eigenvalue weighted by molar-refractivity contribution is 5.84. The molecule has 0 radical (unpaired) electrons. The molecule has 0 aliphatic carbocycles. The van der Waals surface area contributed by atoms with Gasteiger partial charge in [-0.2, -0.15) is 5.26 Å². The van der Waals surface area contributed by atoms with Crippen molar-refractivity contribution in [3.8, 4) is 11.8 Å². The van der Waals surface area contributed by atoms with E-state index < -0.39 is 0 Å². The number of fused-ring (bicyclic) bond motifs is 1. The Morgan fingerprint density at radius 3 is 2.88 bits per heavy atom. The molecule has 5 rings (SSSR count). The maximum Gasteiger partial charge on any atom is 0.240 e. The fourth-order valence-corrected chi connectivity index (χ4v) is 4.62. The highest BCUT2D eigenvalue weighted by Crippen LogP contribution is 2.38. The van der Waals surface area contributed by atoms with Gasteiger partial charge in [0.2, 0.25) is 5.91 Å². The first kappa shape index (κ1) is 21.2. The monoisotopic (exact) mass is 445 g/mol. The molecule has 1 saturated heterocycles. The van der Waals surface area contributed by atoms with Crippen LogP contribution in [0.4, 0.5) is 4.39 Å². The zero-order chi connectivity index (χ0) is 22.8. The summed E-state index contributed by atoms with van der Waals surface area (Å²) in [7, 11) is 0. The molecule has 0 spiro atoms. The molecule has 2 aliphatic rings. The molecule has 2 aliphatic heterocycles. The summed E-state index contributed by atoms with van der Waals surface area (Å²) in [5.74, 6) is 0.375. The lowest BCUT2D eigenvalue weighted by molar-refractivity contribution is -0.132. The topological polar surface area (TPSA) is 83.2 Å². The quantitative estimate of drug-likeness (QED) is 0.630. The number of carbonyl (C=O) groups excluding carboxylic acids is 1. The summed E-state index contributed by atoms with van der Waals surface area (Å²) >= 11 is 0. The van der Waals surface area contributed by atoms with Gasteiger partial charge in [0.1, 0.15) is 11.6 Å². The highest BCUT2D eigenvalue weighted by Gasteiger charge is 2.38. The molecule has 2 atom stereocenters. The van der Waals surface area contributed by atoms with Crippen LogP contribution in [-0.2, 0) is 17.9 Å². The third kappa shape index (κ3) is 4.32. The Hall–Kier alpha value is -3.70. The number of hydrogen-bond donors (Lipinski definition) is 1. The number of likely N-dealkylation sites (tertiary alicyclic amines) is 1. The van der Waals surface area contributed by atoms with E-state index in [0.29, 0.717) is 50.4 Å². The number of rotatable bonds is 6. The van der Waals surface area contributed by atoms with Crippen LogP contribution < -0.4 is 10.1 Å². The standard InChI is InChI=1S/C25H24FN5O2/c26-19-5-6-24-21(11-19)23(8-10-33-24)31-9-7-22(25(31)32)29-14-20-13-28-16-30(20)15-18-3-1-17(12-27)2-4-18/h1-6,11,13,16,22-23,29H,7-10,14-15H2/t22-,23-/m0/s1. The molecule has 0 saturated carbocycles. The number of imidazole rings is 1. The number of ether oxygens (including phenoxy) is 1. The maximum atomic E-state index is 13.8. The lowest BCUT2D eigenvalue weighted by atomic mass is 9.99. The number of amides is 1. The number of aromatic nitrogens is 2. The SMILES string of the molecule is N#Cc1ccc(Cn2cncc2CN[C@H]2CCN([C@H]3CCOc4ccc(F)cc43)C2=O)cc1. The van der Waals surface area contributed by atoms with Crippen LogP contribution in [0, 0.1) is 17.1 Å². The molecule has 1 amide bonds. The van der Waals surface area contributed by atoms with Crippen molar-refractivity contribution in [3.05, 3.63) is 83.2 Å². The van der Waals surface area contributed by atoms with Crippen molar-refractivity contribution in [3.63, 3.8) is 0 Å². The molecule has 8 heteroatoms. The molecule has 33 heavy (non-hydrogen) atoms. The minimum absolute atomic E-state index is 0.0373. The molecule has 168 valence electrons. The zero-order valence-corrected chi connectivity index (χ0v) is 18.1. The summed E-state index contributed by atoms with van der Waals surface area (Å²) in [6.07, 6.45) is 4.92. The predicted octanol–water partition coefficient (Wildman–Crippen LogP) is 3.16. The molecule has 0 bridgehead atoms. The largest absolute Gasteiger partial charge is 0.493 e. The smallest absolute Gasteiger partial charge is 0.240 e. The van der Waals surface area contributed by atoms with Crippen molar-refractivity contribution >= 4 is 5.91 Å². The normalized spacial score (nSPS) is 19.8. The summed E-state index contributed by atoms with van der Waals surface area (Å²) < 4.78 is 21.5. The highest BCUT2D eigenvalue weighted by atomic mass is 19.1. The Morgan fingerprint density at radius 2 is 2.06 bits per heavy atom. The molecular formula is C25H24FN5O2. The molecule has 3 heterocycles. The first-order valence-electron chi connectivity index (χ1n) is 11.1. The van der Waals surface area contributed by atoms with Crippen LogP contribution in [0.2, 0.25) is 0 Å². The van der Waals surface area contributed by atoms with Gasteiger partial charge in [-0.05, 0) is 42.3 Å². The van der Waals surface area contributed by atoms with Crippen LogP contribution in [0.1, 0.15) is 41.3 Å². The number of nitriles is 1. The fourth-order valence-electron chi connectivity index (χ4n) is 4.62. The third-order valence-electron chi connectivity index (χ3n) is 6.36. The van der Waals surface area contributed by atoms with E-state index in [9.17, 15) is 9.18 Å². The zero-order valence-electron chi connectivity index (χ0n) is 18.1. The molecule has 1 fully saturated rings. The number of benzene rings is 2. The van der Waals surface area contributed by atoms with E-state index in [-0.39, 0.29) is 23.8 Å². The minimum Gasteiger partial charge on any atom is -0.493 e. The lowest BCUT2D eigenvalue weighted by Crippen LogP contribution is -2.40. The van der Waals surface area contributed by atoms with Crippen LogP contribution in [0.15, 0.2) is 55.0 Å². The van der Waals surface area contributed by atoms with E-state index in [4.69, 9.17) is 10.00 Å². The van der Waals surface area contributed by atoms with E-state index in [0.717, 1.165) is 16.8 Å². The van der Waals surface area contributed by atoms with Crippen molar-refractivity contribution in [2.24, 2.45) is 0 Å².